The van der Waals surface area contributed by atoms with Crippen molar-refractivity contribution in [3.05, 3.63) is 35.4 Å². The average molecular weight is 363 g/mol. The number of nitrogens with one attached hydrogen (secondary N) is 1. The Kier molecular flexibility index (Phi) is 7.50. The van der Waals surface area contributed by atoms with Crippen LogP contribution in [0.5, 0.6) is 0 Å². The zero-order valence-electron chi connectivity index (χ0n) is 14.5. The number of carboxylic acids is 1. The molecule has 1 aliphatic heterocycles. The number of hydrogen-bond acceptors (Lipinski definition) is 4. The van der Waals surface area contributed by atoms with Gasteiger partial charge in [0.15, 0.2) is 5.12 Å². The number of hydrogen-bond donors (Lipinski definition) is 2. The predicted molar refractivity (Wildman–Crippen MR) is 98.5 cm³/mol. The van der Waals surface area contributed by atoms with E-state index in [0.29, 0.717) is 18.6 Å². The van der Waals surface area contributed by atoms with E-state index in [4.69, 9.17) is 0 Å². The van der Waals surface area contributed by atoms with Crippen LogP contribution in [0.2, 0.25) is 0 Å². The molecule has 2 N–H and O–H groups in total. The van der Waals surface area contributed by atoms with Gasteiger partial charge in [0, 0.05) is 12.7 Å². The highest BCUT2D eigenvalue weighted by atomic mass is 32.2. The first-order valence-electron chi connectivity index (χ1n) is 8.70. The second kappa shape index (κ2) is 9.61. The maximum atomic E-state index is 12.7. The number of benzene rings is 1. The maximum Gasteiger partial charge on any atom is 0.326 e. The first-order valence-corrected chi connectivity index (χ1v) is 9.69. The molecule has 0 bridgehead atoms. The van der Waals surface area contributed by atoms with Crippen molar-refractivity contribution in [3.8, 4) is 0 Å². The fourth-order valence-electron chi connectivity index (χ4n) is 3.10. The van der Waals surface area contributed by atoms with Gasteiger partial charge in [-0.05, 0) is 36.8 Å². The lowest BCUT2D eigenvalue weighted by atomic mass is 9.92. The summed E-state index contributed by atoms with van der Waals surface area (Å²) in [5.41, 5.74) is 2.35. The van der Waals surface area contributed by atoms with Gasteiger partial charge in [-0.25, -0.2) is 4.79 Å². The van der Waals surface area contributed by atoms with Gasteiger partial charge in [0.2, 0.25) is 5.91 Å². The molecule has 5 nitrogen and oxygen atoms in total. The van der Waals surface area contributed by atoms with Crippen LogP contribution in [-0.4, -0.2) is 33.9 Å². The third-order valence-corrected chi connectivity index (χ3v) is 5.47. The average Bonchev–Trinajstić information content (AvgIpc) is 2.56. The first kappa shape index (κ1) is 19.5. The van der Waals surface area contributed by atoms with E-state index < -0.39 is 17.9 Å². The Hall–Kier alpha value is -1.82. The molecule has 6 heteroatoms. The van der Waals surface area contributed by atoms with Crippen molar-refractivity contribution in [1.82, 2.24) is 5.32 Å². The Morgan fingerprint density at radius 3 is 2.60 bits per heavy atom. The van der Waals surface area contributed by atoms with Crippen LogP contribution in [-0.2, 0) is 27.2 Å². The summed E-state index contributed by atoms with van der Waals surface area (Å²) in [5.74, 6) is -1.33. The number of rotatable bonds is 3. The summed E-state index contributed by atoms with van der Waals surface area (Å²) in [7, 11) is 0. The Balaban J connectivity index is 2.25. The van der Waals surface area contributed by atoms with Crippen molar-refractivity contribution in [3.63, 3.8) is 0 Å². The summed E-state index contributed by atoms with van der Waals surface area (Å²) in [6, 6.07) is 7.22. The standard InChI is InChI=1S/C19H25NO4S/c1-13(21)25-12-16-11-15-9-6-5-8-14(15)7-3-2-4-10-17(19(23)24)20-18(16)22/h5-6,8-9,16-17H,2-4,7,10-12H2,1H3,(H,20,22)(H,23,24)/t16?,17-/m0/s1. The van der Waals surface area contributed by atoms with E-state index in [9.17, 15) is 19.5 Å². The fraction of sp³-hybridized carbons (Fsp3) is 0.526. The van der Waals surface area contributed by atoms with Gasteiger partial charge in [-0.2, -0.15) is 0 Å². The van der Waals surface area contributed by atoms with E-state index in [1.807, 2.05) is 18.2 Å². The van der Waals surface area contributed by atoms with Crippen molar-refractivity contribution >= 4 is 28.8 Å². The lowest BCUT2D eigenvalue weighted by molar-refractivity contribution is -0.142. The van der Waals surface area contributed by atoms with Crippen molar-refractivity contribution in [1.29, 1.82) is 0 Å². The molecule has 1 aromatic carbocycles. The third kappa shape index (κ3) is 6.20. The molecule has 0 fully saturated rings. The molecule has 1 aliphatic rings. The van der Waals surface area contributed by atoms with Gasteiger partial charge >= 0.3 is 5.97 Å². The molecule has 0 radical (unpaired) electrons. The monoisotopic (exact) mass is 363 g/mol. The van der Waals surface area contributed by atoms with Gasteiger partial charge in [-0.3, -0.25) is 9.59 Å². The number of carbonyl (C=O) groups is 3. The number of aliphatic carboxylic acids is 1. The largest absolute Gasteiger partial charge is 0.480 e. The molecule has 1 aromatic rings. The minimum absolute atomic E-state index is 0.0398. The van der Waals surface area contributed by atoms with Crippen molar-refractivity contribution < 1.29 is 19.5 Å². The SMILES string of the molecule is CC(=O)SCC1Cc2ccccc2CCCCC[C@@H](C(=O)O)NC1=O. The summed E-state index contributed by atoms with van der Waals surface area (Å²) in [6.07, 6.45) is 4.61. The molecule has 136 valence electrons. The van der Waals surface area contributed by atoms with E-state index in [1.54, 1.807) is 0 Å². The van der Waals surface area contributed by atoms with Crippen LogP contribution in [0.1, 0.15) is 43.7 Å². The Morgan fingerprint density at radius 1 is 1.20 bits per heavy atom. The lowest BCUT2D eigenvalue weighted by Gasteiger charge is -2.22. The van der Waals surface area contributed by atoms with Crippen LogP contribution in [0.15, 0.2) is 24.3 Å². The highest BCUT2D eigenvalue weighted by Crippen LogP contribution is 2.22. The number of amides is 1. The van der Waals surface area contributed by atoms with E-state index >= 15 is 0 Å². The highest BCUT2D eigenvalue weighted by molar-refractivity contribution is 8.13. The van der Waals surface area contributed by atoms with E-state index in [2.05, 4.69) is 11.4 Å². The van der Waals surface area contributed by atoms with Crippen LogP contribution in [0.25, 0.3) is 0 Å². The minimum Gasteiger partial charge on any atom is -0.480 e. The molecule has 1 heterocycles. The summed E-state index contributed by atoms with van der Waals surface area (Å²) in [5, 5.41) is 12.0. The van der Waals surface area contributed by atoms with Crippen LogP contribution < -0.4 is 5.32 Å². The zero-order chi connectivity index (χ0) is 18.2. The van der Waals surface area contributed by atoms with Gasteiger partial charge in [0.1, 0.15) is 6.04 Å². The maximum absolute atomic E-state index is 12.7. The van der Waals surface area contributed by atoms with Crippen molar-refractivity contribution in [2.75, 3.05) is 5.75 Å². The number of carbonyl (C=O) groups excluding carboxylic acids is 2. The normalized spacial score (nSPS) is 22.0. The van der Waals surface area contributed by atoms with Gasteiger partial charge in [0.25, 0.3) is 0 Å². The molecule has 1 unspecified atom stereocenters. The number of thioether (sulfide) groups is 1. The van der Waals surface area contributed by atoms with Crippen LogP contribution in [0.4, 0.5) is 0 Å². The highest BCUT2D eigenvalue weighted by Gasteiger charge is 2.26. The summed E-state index contributed by atoms with van der Waals surface area (Å²) in [4.78, 5) is 35.4. The molecule has 25 heavy (non-hydrogen) atoms. The number of aryl methyl sites for hydroxylation is 1. The van der Waals surface area contributed by atoms with E-state index in [-0.39, 0.29) is 11.0 Å². The van der Waals surface area contributed by atoms with Gasteiger partial charge < -0.3 is 10.4 Å². The zero-order valence-corrected chi connectivity index (χ0v) is 15.3. The molecular formula is C19H25NO4S. The van der Waals surface area contributed by atoms with Crippen LogP contribution in [0, 0.1) is 5.92 Å². The molecule has 2 rings (SSSR count). The van der Waals surface area contributed by atoms with Crippen LogP contribution >= 0.6 is 11.8 Å². The molecule has 0 saturated carbocycles. The summed E-state index contributed by atoms with van der Waals surface area (Å²) in [6.45, 7) is 1.48. The van der Waals surface area contributed by atoms with Crippen molar-refractivity contribution in [2.24, 2.45) is 5.92 Å². The Labute approximate surface area is 152 Å². The molecule has 2 atom stereocenters. The first-order chi connectivity index (χ1) is 12.0. The second-order valence-corrected chi connectivity index (χ2v) is 7.67. The molecule has 1 amide bonds. The van der Waals surface area contributed by atoms with Crippen LogP contribution in [0.3, 0.4) is 0 Å². The molecule has 0 aliphatic carbocycles. The number of fused-ring (bicyclic) bond motifs is 1. The third-order valence-electron chi connectivity index (χ3n) is 4.50. The molecular weight excluding hydrogens is 338 g/mol. The van der Waals surface area contributed by atoms with Gasteiger partial charge in [-0.15, -0.1) is 0 Å². The Morgan fingerprint density at radius 2 is 1.92 bits per heavy atom. The number of carboxylic acid groups (broad SMARTS) is 1. The van der Waals surface area contributed by atoms with Gasteiger partial charge in [-0.1, -0.05) is 48.9 Å². The smallest absolute Gasteiger partial charge is 0.326 e. The lowest BCUT2D eigenvalue weighted by Crippen LogP contribution is -2.44. The van der Waals surface area contributed by atoms with Gasteiger partial charge in [0.05, 0.1) is 5.92 Å². The molecule has 0 saturated heterocycles. The second-order valence-electron chi connectivity index (χ2n) is 6.47. The van der Waals surface area contributed by atoms with E-state index in [1.165, 1.54) is 12.5 Å². The summed E-state index contributed by atoms with van der Waals surface area (Å²) < 4.78 is 0. The minimum atomic E-state index is -0.996. The topological polar surface area (TPSA) is 83.5 Å². The quantitative estimate of drug-likeness (QED) is 0.863. The van der Waals surface area contributed by atoms with E-state index in [0.717, 1.165) is 43.0 Å². The molecule has 0 spiro atoms. The van der Waals surface area contributed by atoms with Crippen molar-refractivity contribution in [2.45, 2.75) is 51.5 Å². The predicted octanol–water partition coefficient (Wildman–Crippen LogP) is 2.81. The summed E-state index contributed by atoms with van der Waals surface area (Å²) >= 11 is 1.12. The molecule has 0 aromatic heterocycles. The fourth-order valence-corrected chi connectivity index (χ4v) is 3.80. The Bertz CT molecular complexity index is 632.